The Hall–Kier alpha value is -7.95. The van der Waals surface area contributed by atoms with Crippen molar-refractivity contribution in [3.8, 4) is 79.0 Å². The van der Waals surface area contributed by atoms with E-state index in [1.54, 1.807) is 0 Å². The van der Waals surface area contributed by atoms with Gasteiger partial charge in [0.15, 0.2) is 17.5 Å². The minimum absolute atomic E-state index is 0.615. The number of benzene rings is 9. The number of hydrogen-bond acceptors (Lipinski definition) is 4. The smallest absolute Gasteiger partial charge is 0.164 e. The molecule has 1 aliphatic carbocycles. The van der Waals surface area contributed by atoms with Crippen molar-refractivity contribution >= 4 is 10.8 Å². The van der Waals surface area contributed by atoms with Gasteiger partial charge in [0.25, 0.3) is 0 Å². The van der Waals surface area contributed by atoms with Gasteiger partial charge in [0.1, 0.15) is 11.5 Å². The average Bonchev–Trinajstić information content (AvgIpc) is 3.62. The standard InChI is InChI=1S/C56H35N3O/c1-2-13-36(14-3-1)38-25-27-39(28-26-38)40-29-32-41(33-30-40)53-57-54(43-34-31-37-15-4-5-16-42(37)35-43)59-55(58-53)46-19-12-18-45-44-17-6-7-20-47(44)56(52(45)46)48-21-8-10-23-50(48)60-51-24-11-9-22-49(51)56/h1-35H. The summed E-state index contributed by atoms with van der Waals surface area (Å²) in [5, 5.41) is 2.30. The third kappa shape index (κ3) is 5.28. The van der Waals surface area contributed by atoms with Crippen LogP contribution in [0.3, 0.4) is 0 Å². The predicted molar refractivity (Wildman–Crippen MR) is 242 cm³/mol. The molecule has 0 N–H and O–H groups in total. The summed E-state index contributed by atoms with van der Waals surface area (Å²) in [5.74, 6) is 3.54. The second-order valence-corrected chi connectivity index (χ2v) is 15.5. The van der Waals surface area contributed by atoms with Crippen molar-refractivity contribution in [2.75, 3.05) is 0 Å². The minimum Gasteiger partial charge on any atom is -0.457 e. The highest BCUT2D eigenvalue weighted by atomic mass is 16.5. The summed E-state index contributed by atoms with van der Waals surface area (Å²) in [5.41, 5.74) is 13.7. The van der Waals surface area contributed by atoms with Gasteiger partial charge in [-0.25, -0.2) is 15.0 Å². The summed E-state index contributed by atoms with van der Waals surface area (Å²) in [4.78, 5) is 16.0. The summed E-state index contributed by atoms with van der Waals surface area (Å²) in [6.07, 6.45) is 0. The number of fused-ring (bicyclic) bond motifs is 10. The Morgan fingerprint density at radius 2 is 0.767 bits per heavy atom. The van der Waals surface area contributed by atoms with Crippen LogP contribution in [0.1, 0.15) is 22.3 Å². The van der Waals surface area contributed by atoms with Gasteiger partial charge in [-0.3, -0.25) is 0 Å². The molecule has 60 heavy (non-hydrogen) atoms. The third-order valence-corrected chi connectivity index (χ3v) is 12.2. The number of para-hydroxylation sites is 2. The van der Waals surface area contributed by atoms with Crippen LogP contribution in [0.25, 0.3) is 78.3 Å². The summed E-state index contributed by atoms with van der Waals surface area (Å²) < 4.78 is 6.66. The molecule has 4 nitrogen and oxygen atoms in total. The lowest BCUT2D eigenvalue weighted by Gasteiger charge is -2.40. The van der Waals surface area contributed by atoms with Crippen molar-refractivity contribution in [3.05, 3.63) is 235 Å². The first kappa shape index (κ1) is 34.1. The summed E-state index contributed by atoms with van der Waals surface area (Å²) in [7, 11) is 0. The molecule has 9 aromatic carbocycles. The monoisotopic (exact) mass is 765 g/mol. The van der Waals surface area contributed by atoms with E-state index in [1.807, 2.05) is 18.2 Å². The van der Waals surface area contributed by atoms with E-state index in [-0.39, 0.29) is 0 Å². The van der Waals surface area contributed by atoms with E-state index in [2.05, 4.69) is 194 Å². The number of nitrogens with zero attached hydrogens (tertiary/aromatic N) is 3. The predicted octanol–water partition coefficient (Wildman–Crippen LogP) is 13.8. The fourth-order valence-corrected chi connectivity index (χ4v) is 9.48. The van der Waals surface area contributed by atoms with E-state index >= 15 is 0 Å². The van der Waals surface area contributed by atoms with E-state index in [4.69, 9.17) is 19.7 Å². The molecule has 0 saturated carbocycles. The normalized spacial score (nSPS) is 12.9. The average molecular weight is 766 g/mol. The summed E-state index contributed by atoms with van der Waals surface area (Å²) >= 11 is 0. The molecule has 4 heteroatoms. The van der Waals surface area contributed by atoms with Crippen LogP contribution in [0.5, 0.6) is 11.5 Å². The second-order valence-electron chi connectivity index (χ2n) is 15.5. The molecule has 2 aliphatic rings. The van der Waals surface area contributed by atoms with Crippen molar-refractivity contribution in [3.63, 3.8) is 0 Å². The maximum absolute atomic E-state index is 6.66. The van der Waals surface area contributed by atoms with Gasteiger partial charge in [0, 0.05) is 27.8 Å². The maximum Gasteiger partial charge on any atom is 0.164 e. The highest BCUT2D eigenvalue weighted by molar-refractivity contribution is 5.94. The zero-order valence-corrected chi connectivity index (χ0v) is 32.5. The van der Waals surface area contributed by atoms with Crippen molar-refractivity contribution < 1.29 is 4.74 Å². The van der Waals surface area contributed by atoms with Gasteiger partial charge in [-0.05, 0) is 73.5 Å². The van der Waals surface area contributed by atoms with Gasteiger partial charge < -0.3 is 4.74 Å². The zero-order chi connectivity index (χ0) is 39.6. The van der Waals surface area contributed by atoms with Crippen molar-refractivity contribution in [2.45, 2.75) is 5.41 Å². The van der Waals surface area contributed by atoms with Crippen LogP contribution in [0, 0.1) is 0 Å². The zero-order valence-electron chi connectivity index (χ0n) is 32.5. The Labute approximate surface area is 348 Å². The van der Waals surface area contributed by atoms with Gasteiger partial charge in [-0.2, -0.15) is 0 Å². The van der Waals surface area contributed by atoms with Gasteiger partial charge in [-0.15, -0.1) is 0 Å². The summed E-state index contributed by atoms with van der Waals surface area (Å²) in [6.45, 7) is 0. The number of ether oxygens (including phenoxy) is 1. The van der Waals surface area contributed by atoms with Gasteiger partial charge >= 0.3 is 0 Å². The van der Waals surface area contributed by atoms with E-state index in [1.165, 1.54) is 27.6 Å². The SMILES string of the molecule is c1ccc(-c2ccc(-c3ccc(-c4nc(-c5ccc6ccccc6c5)nc(-c5cccc6c5C5(c7ccccc7Oc7ccccc75)c5ccccc5-6)n4)cc3)cc2)cc1. The Morgan fingerprint density at radius 3 is 1.45 bits per heavy atom. The molecular weight excluding hydrogens is 731 g/mol. The summed E-state index contributed by atoms with van der Waals surface area (Å²) in [6, 6.07) is 74.9. The van der Waals surface area contributed by atoms with Gasteiger partial charge in [0.2, 0.25) is 0 Å². The van der Waals surface area contributed by atoms with Crippen molar-refractivity contribution in [2.24, 2.45) is 0 Å². The second kappa shape index (κ2) is 13.6. The van der Waals surface area contributed by atoms with E-state index < -0.39 is 5.41 Å². The van der Waals surface area contributed by atoms with Crippen LogP contribution in [0.15, 0.2) is 212 Å². The molecule has 12 rings (SSSR count). The first-order valence-electron chi connectivity index (χ1n) is 20.3. The Morgan fingerprint density at radius 1 is 0.300 bits per heavy atom. The van der Waals surface area contributed by atoms with Crippen LogP contribution in [-0.4, -0.2) is 15.0 Å². The molecule has 280 valence electrons. The lowest BCUT2D eigenvalue weighted by molar-refractivity contribution is 0.436. The molecule has 1 spiro atoms. The number of hydrogen-bond donors (Lipinski definition) is 0. The Balaban J connectivity index is 1.06. The maximum atomic E-state index is 6.66. The minimum atomic E-state index is -0.679. The largest absolute Gasteiger partial charge is 0.457 e. The first-order valence-corrected chi connectivity index (χ1v) is 20.3. The number of rotatable bonds is 5. The van der Waals surface area contributed by atoms with Crippen LogP contribution < -0.4 is 4.74 Å². The lowest BCUT2D eigenvalue weighted by atomic mass is 9.65. The number of aromatic nitrogens is 3. The quantitative estimate of drug-likeness (QED) is 0.175. The Kier molecular flexibility index (Phi) is 7.72. The Bertz CT molecular complexity index is 3240. The molecule has 1 aromatic heterocycles. The van der Waals surface area contributed by atoms with Crippen LogP contribution in [0.4, 0.5) is 0 Å². The molecule has 0 bridgehead atoms. The third-order valence-electron chi connectivity index (χ3n) is 12.2. The highest BCUT2D eigenvalue weighted by Gasteiger charge is 2.52. The molecule has 0 fully saturated rings. The molecule has 10 aromatic rings. The fourth-order valence-electron chi connectivity index (χ4n) is 9.48. The van der Waals surface area contributed by atoms with E-state index in [9.17, 15) is 0 Å². The molecule has 0 radical (unpaired) electrons. The van der Waals surface area contributed by atoms with Crippen LogP contribution in [0.2, 0.25) is 0 Å². The lowest BCUT2D eigenvalue weighted by Crippen LogP contribution is -2.32. The van der Waals surface area contributed by atoms with E-state index in [0.717, 1.165) is 67.0 Å². The molecule has 0 saturated heterocycles. The van der Waals surface area contributed by atoms with Crippen molar-refractivity contribution in [1.82, 2.24) is 15.0 Å². The molecule has 2 heterocycles. The van der Waals surface area contributed by atoms with Gasteiger partial charge in [0.05, 0.1) is 5.41 Å². The van der Waals surface area contributed by atoms with Crippen molar-refractivity contribution in [1.29, 1.82) is 0 Å². The topological polar surface area (TPSA) is 47.9 Å². The fraction of sp³-hybridized carbons (Fsp3) is 0.0179. The molecular formula is C56H35N3O. The molecule has 0 atom stereocenters. The highest BCUT2D eigenvalue weighted by Crippen LogP contribution is 2.63. The van der Waals surface area contributed by atoms with Crippen LogP contribution >= 0.6 is 0 Å². The molecule has 0 unspecified atom stereocenters. The molecule has 1 aliphatic heterocycles. The van der Waals surface area contributed by atoms with Crippen LogP contribution in [-0.2, 0) is 5.41 Å². The first-order chi connectivity index (χ1) is 29.7. The molecule has 0 amide bonds. The van der Waals surface area contributed by atoms with E-state index in [0.29, 0.717) is 17.5 Å². The van der Waals surface area contributed by atoms with Gasteiger partial charge in [-0.1, -0.05) is 194 Å².